The molecule has 0 bridgehead atoms. The van der Waals surface area contributed by atoms with E-state index in [1.807, 2.05) is 30.3 Å². The Kier molecular flexibility index (Phi) is 9.58. The van der Waals surface area contributed by atoms with Crippen LogP contribution in [0.25, 0.3) is 0 Å². The van der Waals surface area contributed by atoms with Gasteiger partial charge in [-0.3, -0.25) is 9.59 Å². The highest BCUT2D eigenvalue weighted by molar-refractivity contribution is 5.79. The predicted octanol–water partition coefficient (Wildman–Crippen LogP) is 5.06. The van der Waals surface area contributed by atoms with Crippen LogP contribution < -0.4 is 20.7 Å². The van der Waals surface area contributed by atoms with E-state index in [2.05, 4.69) is 48.3 Å². The Morgan fingerprint density at radius 3 is 2.29 bits per heavy atom. The highest BCUT2D eigenvalue weighted by atomic mass is 16.5. The van der Waals surface area contributed by atoms with Crippen molar-refractivity contribution in [3.63, 3.8) is 0 Å². The second-order valence-corrected chi connectivity index (χ2v) is 10.4. The first-order valence-electron chi connectivity index (χ1n) is 12.9. The predicted molar refractivity (Wildman–Crippen MR) is 141 cm³/mol. The zero-order valence-corrected chi connectivity index (χ0v) is 21.5. The Hall–Kier alpha value is -3.02. The fourth-order valence-corrected chi connectivity index (χ4v) is 4.35. The number of primary amides is 1. The van der Waals surface area contributed by atoms with E-state index in [-0.39, 0.29) is 23.3 Å². The maximum absolute atomic E-state index is 12.7. The lowest BCUT2D eigenvalue weighted by atomic mass is 9.76. The Balaban J connectivity index is 1.63. The van der Waals surface area contributed by atoms with Crippen LogP contribution in [0.5, 0.6) is 5.75 Å². The van der Waals surface area contributed by atoms with Gasteiger partial charge in [-0.25, -0.2) is 0 Å². The first kappa shape index (κ1) is 26.6. The summed E-state index contributed by atoms with van der Waals surface area (Å²) in [5.74, 6) is 0.798. The Labute approximate surface area is 210 Å². The van der Waals surface area contributed by atoms with Gasteiger partial charge in [-0.15, -0.1) is 0 Å². The van der Waals surface area contributed by atoms with Gasteiger partial charge in [0.2, 0.25) is 11.8 Å². The average Bonchev–Trinajstić information content (AvgIpc) is 2.83. The molecule has 190 valence electrons. The summed E-state index contributed by atoms with van der Waals surface area (Å²) in [5, 5.41) is 3.30. The summed E-state index contributed by atoms with van der Waals surface area (Å²) in [4.78, 5) is 26.4. The van der Waals surface area contributed by atoms with Gasteiger partial charge < -0.3 is 20.7 Å². The van der Waals surface area contributed by atoms with E-state index < -0.39 is 0 Å². The third-order valence-electron chi connectivity index (χ3n) is 6.93. The van der Waals surface area contributed by atoms with Crippen molar-refractivity contribution in [2.45, 2.75) is 71.4 Å². The highest BCUT2D eigenvalue weighted by Crippen LogP contribution is 2.35. The molecule has 1 fully saturated rings. The van der Waals surface area contributed by atoms with Crippen LogP contribution in [0.1, 0.15) is 64.9 Å². The Morgan fingerprint density at radius 1 is 1.03 bits per heavy atom. The molecule has 0 radical (unpaired) electrons. The summed E-state index contributed by atoms with van der Waals surface area (Å²) >= 11 is 0. The van der Waals surface area contributed by atoms with Crippen LogP contribution in [0.3, 0.4) is 0 Å². The molecule has 3 N–H and O–H groups in total. The van der Waals surface area contributed by atoms with Gasteiger partial charge in [0.1, 0.15) is 12.4 Å². The van der Waals surface area contributed by atoms with Gasteiger partial charge in [0.25, 0.3) is 0 Å². The van der Waals surface area contributed by atoms with Crippen molar-refractivity contribution in [2.75, 3.05) is 18.0 Å². The molecule has 0 aromatic heterocycles. The number of rotatable bonds is 14. The molecule has 2 aromatic rings. The van der Waals surface area contributed by atoms with Crippen LogP contribution in [0.15, 0.2) is 54.6 Å². The number of nitrogens with two attached hydrogens (primary N) is 1. The van der Waals surface area contributed by atoms with E-state index in [0.717, 1.165) is 55.8 Å². The number of carbonyl (C=O) groups excluding carboxylic acids is 2. The van der Waals surface area contributed by atoms with E-state index in [1.165, 1.54) is 0 Å². The number of nitrogens with one attached hydrogen (secondary N) is 1. The molecule has 0 saturated heterocycles. The summed E-state index contributed by atoms with van der Waals surface area (Å²) < 4.78 is 5.97. The number of benzene rings is 2. The highest BCUT2D eigenvalue weighted by Gasteiger charge is 2.40. The zero-order valence-electron chi connectivity index (χ0n) is 21.5. The van der Waals surface area contributed by atoms with Crippen molar-refractivity contribution < 1.29 is 14.3 Å². The molecule has 1 aliphatic rings. The van der Waals surface area contributed by atoms with Gasteiger partial charge in [-0.05, 0) is 67.9 Å². The van der Waals surface area contributed by atoms with Crippen LogP contribution in [0, 0.1) is 11.8 Å². The molecule has 6 heteroatoms. The molecule has 0 heterocycles. The van der Waals surface area contributed by atoms with Gasteiger partial charge >= 0.3 is 0 Å². The number of nitrogens with zero attached hydrogens (tertiary/aromatic N) is 1. The minimum Gasteiger partial charge on any atom is -0.489 e. The molecular weight excluding hydrogens is 438 g/mol. The number of anilines is 1. The molecule has 6 nitrogen and oxygen atoms in total. The van der Waals surface area contributed by atoms with E-state index in [1.54, 1.807) is 6.92 Å². The third kappa shape index (κ3) is 8.30. The van der Waals surface area contributed by atoms with Gasteiger partial charge in [-0.1, -0.05) is 51.1 Å². The smallest absolute Gasteiger partial charge is 0.220 e. The summed E-state index contributed by atoms with van der Waals surface area (Å²) in [6.45, 7) is 8.49. The minimum atomic E-state index is -0.354. The van der Waals surface area contributed by atoms with Gasteiger partial charge in [0.15, 0.2) is 0 Å². The largest absolute Gasteiger partial charge is 0.489 e. The quantitative estimate of drug-likeness (QED) is 0.397. The lowest BCUT2D eigenvalue weighted by molar-refractivity contribution is -0.125. The van der Waals surface area contributed by atoms with Gasteiger partial charge in [-0.2, -0.15) is 0 Å². The molecule has 3 rings (SSSR count). The SMILES string of the molecule is CC(C)CCN(CC1(NC(=O)CCC(C)C(N)=O)CCC1)c1ccc(OCc2ccccc2)cc1. The molecule has 1 atom stereocenters. The first-order valence-corrected chi connectivity index (χ1v) is 12.9. The average molecular weight is 480 g/mol. The van der Waals surface area contributed by atoms with E-state index in [9.17, 15) is 9.59 Å². The molecular formula is C29H41N3O3. The van der Waals surface area contributed by atoms with Gasteiger partial charge in [0, 0.05) is 31.1 Å². The number of ether oxygens (including phenoxy) is 1. The molecule has 35 heavy (non-hydrogen) atoms. The fraction of sp³-hybridized carbons (Fsp3) is 0.517. The number of carbonyl (C=O) groups is 2. The van der Waals surface area contributed by atoms with Crippen LogP contribution in [-0.2, 0) is 16.2 Å². The van der Waals surface area contributed by atoms with E-state index in [0.29, 0.717) is 25.4 Å². The van der Waals surface area contributed by atoms with Crippen LogP contribution in [0.4, 0.5) is 5.69 Å². The zero-order chi connectivity index (χ0) is 25.3. The third-order valence-corrected chi connectivity index (χ3v) is 6.93. The Morgan fingerprint density at radius 2 is 1.71 bits per heavy atom. The van der Waals surface area contributed by atoms with Gasteiger partial charge in [0.05, 0.1) is 5.54 Å². The van der Waals surface area contributed by atoms with E-state index in [4.69, 9.17) is 10.5 Å². The van der Waals surface area contributed by atoms with Crippen molar-refractivity contribution in [3.05, 3.63) is 60.2 Å². The van der Waals surface area contributed by atoms with Crippen molar-refractivity contribution in [2.24, 2.45) is 17.6 Å². The maximum atomic E-state index is 12.7. The fourth-order valence-electron chi connectivity index (χ4n) is 4.35. The maximum Gasteiger partial charge on any atom is 0.220 e. The first-order chi connectivity index (χ1) is 16.8. The lowest BCUT2D eigenvalue weighted by Gasteiger charge is -2.46. The molecule has 0 aliphatic heterocycles. The summed E-state index contributed by atoms with van der Waals surface area (Å²) in [5.41, 5.74) is 7.41. The minimum absolute atomic E-state index is 0.00581. The summed E-state index contributed by atoms with van der Waals surface area (Å²) in [6.07, 6.45) is 4.94. The van der Waals surface area contributed by atoms with E-state index >= 15 is 0 Å². The normalized spacial score (nSPS) is 15.2. The van der Waals surface area contributed by atoms with Crippen molar-refractivity contribution in [1.29, 1.82) is 0 Å². The molecule has 2 aromatic carbocycles. The summed E-state index contributed by atoms with van der Waals surface area (Å²) in [7, 11) is 0. The van der Waals surface area contributed by atoms with Crippen LogP contribution in [-0.4, -0.2) is 30.4 Å². The second-order valence-electron chi connectivity index (χ2n) is 10.4. The van der Waals surface area contributed by atoms with Crippen LogP contribution in [0.2, 0.25) is 0 Å². The topological polar surface area (TPSA) is 84.7 Å². The second kappa shape index (κ2) is 12.6. The van der Waals surface area contributed by atoms with Crippen molar-refractivity contribution in [3.8, 4) is 5.75 Å². The molecule has 0 spiro atoms. The molecule has 1 saturated carbocycles. The Bertz CT molecular complexity index is 939. The van der Waals surface area contributed by atoms with Crippen molar-refractivity contribution >= 4 is 17.5 Å². The summed E-state index contributed by atoms with van der Waals surface area (Å²) in [6, 6.07) is 18.4. The molecule has 1 unspecified atom stereocenters. The number of amides is 2. The number of hydrogen-bond donors (Lipinski definition) is 2. The lowest BCUT2D eigenvalue weighted by Crippen LogP contribution is -2.60. The standard InChI is InChI=1S/C29H41N3O3/c1-22(2)16-19-32(21-29(17-7-18-29)31-27(33)15-10-23(3)28(30)34)25-11-13-26(14-12-25)35-20-24-8-5-4-6-9-24/h4-6,8-9,11-14,22-23H,7,10,15-21H2,1-3H3,(H2,30,34)(H,31,33). The molecule has 1 aliphatic carbocycles. The van der Waals surface area contributed by atoms with Crippen molar-refractivity contribution in [1.82, 2.24) is 5.32 Å². The van der Waals surface area contributed by atoms with Crippen LogP contribution >= 0.6 is 0 Å². The molecule has 2 amide bonds. The monoisotopic (exact) mass is 479 g/mol. The number of hydrogen-bond acceptors (Lipinski definition) is 4.